The fraction of sp³-hybridized carbons (Fsp3) is 0.250. The maximum absolute atomic E-state index is 13.2. The first-order valence-electron chi connectivity index (χ1n) is 10.1. The first-order chi connectivity index (χ1) is 15.1. The number of benzene rings is 2. The second-order valence-corrected chi connectivity index (χ2v) is 7.35. The molecule has 0 radical (unpaired) electrons. The number of hydrogen-bond donors (Lipinski definition) is 1. The average Bonchev–Trinajstić information content (AvgIpc) is 3.28. The molecule has 4 rings (SSSR count). The number of rotatable bonds is 7. The van der Waals surface area contributed by atoms with E-state index in [1.165, 1.54) is 0 Å². The summed E-state index contributed by atoms with van der Waals surface area (Å²) in [6, 6.07) is 18.2. The van der Waals surface area contributed by atoms with Crippen molar-refractivity contribution in [3.8, 4) is 11.5 Å². The lowest BCUT2D eigenvalue weighted by Crippen LogP contribution is -2.54. The molecule has 7 heteroatoms. The molecule has 2 heterocycles. The number of hydrogen-bond acceptors (Lipinski definition) is 4. The number of nitrogens with one attached hydrogen (secondary N) is 1. The number of methoxy groups -OCH3 is 2. The Balaban J connectivity index is 1.56. The zero-order chi connectivity index (χ0) is 21.8. The van der Waals surface area contributed by atoms with Gasteiger partial charge in [0.05, 0.1) is 20.8 Å². The van der Waals surface area contributed by atoms with Gasteiger partial charge in [0, 0.05) is 24.8 Å². The number of aromatic nitrogens is 1. The minimum Gasteiger partial charge on any atom is -0.493 e. The fourth-order valence-corrected chi connectivity index (χ4v) is 3.92. The van der Waals surface area contributed by atoms with Crippen LogP contribution in [0.2, 0.25) is 0 Å². The van der Waals surface area contributed by atoms with Gasteiger partial charge in [0.15, 0.2) is 11.5 Å². The average molecular weight is 419 g/mol. The highest BCUT2D eigenvalue weighted by Crippen LogP contribution is 2.30. The molecule has 0 saturated heterocycles. The number of ether oxygens (including phenoxy) is 2. The van der Waals surface area contributed by atoms with E-state index in [-0.39, 0.29) is 18.4 Å². The third kappa shape index (κ3) is 4.12. The Morgan fingerprint density at radius 2 is 1.84 bits per heavy atom. The zero-order valence-corrected chi connectivity index (χ0v) is 17.6. The maximum atomic E-state index is 13.2. The van der Waals surface area contributed by atoms with Crippen LogP contribution in [0.25, 0.3) is 0 Å². The van der Waals surface area contributed by atoms with Crippen molar-refractivity contribution in [1.29, 1.82) is 0 Å². The molecule has 160 valence electrons. The van der Waals surface area contributed by atoms with E-state index in [0.717, 1.165) is 11.1 Å². The Hall–Kier alpha value is -3.74. The summed E-state index contributed by atoms with van der Waals surface area (Å²) in [7, 11) is 3.14. The Labute approximate surface area is 181 Å². The van der Waals surface area contributed by atoms with Gasteiger partial charge in [-0.2, -0.15) is 0 Å². The van der Waals surface area contributed by atoms with E-state index >= 15 is 0 Å². The third-order valence-corrected chi connectivity index (χ3v) is 5.49. The summed E-state index contributed by atoms with van der Waals surface area (Å²) in [6.45, 7) is 1.04. The van der Waals surface area contributed by atoms with Crippen molar-refractivity contribution in [1.82, 2.24) is 14.8 Å². The van der Waals surface area contributed by atoms with E-state index < -0.39 is 6.04 Å². The van der Waals surface area contributed by atoms with Gasteiger partial charge in [-0.15, -0.1) is 0 Å². The molecule has 1 atom stereocenters. The van der Waals surface area contributed by atoms with Crippen LogP contribution in [0.5, 0.6) is 11.5 Å². The first kappa shape index (κ1) is 20.5. The molecule has 1 unspecified atom stereocenters. The van der Waals surface area contributed by atoms with Crippen LogP contribution in [0.15, 0.2) is 66.9 Å². The first-order valence-corrected chi connectivity index (χ1v) is 10.1. The minimum absolute atomic E-state index is 0.154. The molecular weight excluding hydrogens is 394 g/mol. The van der Waals surface area contributed by atoms with Crippen LogP contribution in [-0.4, -0.2) is 41.5 Å². The lowest BCUT2D eigenvalue weighted by atomic mass is 10.1. The van der Waals surface area contributed by atoms with E-state index in [4.69, 9.17) is 9.47 Å². The third-order valence-electron chi connectivity index (χ3n) is 5.49. The summed E-state index contributed by atoms with van der Waals surface area (Å²) < 4.78 is 12.6. The van der Waals surface area contributed by atoms with Gasteiger partial charge in [-0.05, 0) is 23.8 Å². The van der Waals surface area contributed by atoms with Crippen molar-refractivity contribution in [2.24, 2.45) is 0 Å². The molecule has 0 fully saturated rings. The van der Waals surface area contributed by atoms with Gasteiger partial charge in [0.25, 0.3) is 5.91 Å². The fourth-order valence-electron chi connectivity index (χ4n) is 3.92. The quantitative estimate of drug-likeness (QED) is 0.639. The predicted molar refractivity (Wildman–Crippen MR) is 116 cm³/mol. The van der Waals surface area contributed by atoms with E-state index in [9.17, 15) is 9.59 Å². The maximum Gasteiger partial charge on any atom is 0.271 e. The summed E-state index contributed by atoms with van der Waals surface area (Å²) in [6.07, 6.45) is 1.83. The number of carbonyl (C=O) groups excluding carboxylic acids is 2. The molecule has 7 nitrogen and oxygen atoms in total. The minimum atomic E-state index is -0.621. The van der Waals surface area contributed by atoms with Crippen molar-refractivity contribution in [2.45, 2.75) is 25.7 Å². The van der Waals surface area contributed by atoms with Crippen LogP contribution in [0.3, 0.4) is 0 Å². The summed E-state index contributed by atoms with van der Waals surface area (Å²) in [5.41, 5.74) is 2.37. The lowest BCUT2D eigenvalue weighted by molar-refractivity contribution is -0.126. The highest BCUT2D eigenvalue weighted by atomic mass is 16.5. The van der Waals surface area contributed by atoms with Crippen molar-refractivity contribution in [3.63, 3.8) is 0 Å². The van der Waals surface area contributed by atoms with Crippen LogP contribution >= 0.6 is 0 Å². The normalized spacial score (nSPS) is 15.4. The number of carbonyl (C=O) groups is 2. The summed E-state index contributed by atoms with van der Waals surface area (Å²) in [4.78, 5) is 28.0. The highest BCUT2D eigenvalue weighted by Gasteiger charge is 2.36. The number of para-hydroxylation sites is 1. The Bertz CT molecular complexity index is 1080. The molecule has 0 saturated carbocycles. The summed E-state index contributed by atoms with van der Waals surface area (Å²) in [5.74, 6) is 0.816. The van der Waals surface area contributed by atoms with Gasteiger partial charge in [-0.1, -0.05) is 42.5 Å². The van der Waals surface area contributed by atoms with E-state index in [0.29, 0.717) is 30.3 Å². The topological polar surface area (TPSA) is 72.8 Å². The van der Waals surface area contributed by atoms with E-state index in [1.54, 1.807) is 31.3 Å². The Morgan fingerprint density at radius 1 is 1.03 bits per heavy atom. The largest absolute Gasteiger partial charge is 0.493 e. The SMILES string of the molecule is COc1cccc(CNC(=O)C2Cn3cccc3C(=O)N2Cc2ccccc2)c1OC. The molecule has 0 aliphatic carbocycles. The molecule has 1 aromatic heterocycles. The standard InChI is InChI=1S/C24H25N3O4/c1-30-21-12-6-10-18(22(21)31-2)14-25-23(28)20-16-26-13-7-11-19(26)24(29)27(20)15-17-8-4-3-5-9-17/h3-13,20H,14-16H2,1-2H3,(H,25,28). The van der Waals surface area contributed by atoms with Gasteiger partial charge in [0.1, 0.15) is 11.7 Å². The van der Waals surface area contributed by atoms with E-state index in [2.05, 4.69) is 5.32 Å². The molecule has 1 N–H and O–H groups in total. The zero-order valence-electron chi connectivity index (χ0n) is 17.6. The van der Waals surface area contributed by atoms with E-state index in [1.807, 2.05) is 59.3 Å². The van der Waals surface area contributed by atoms with Gasteiger partial charge in [-0.25, -0.2) is 0 Å². The molecule has 1 aliphatic rings. The lowest BCUT2D eigenvalue weighted by Gasteiger charge is -2.35. The molecule has 3 aromatic rings. The van der Waals surface area contributed by atoms with Gasteiger partial charge in [-0.3, -0.25) is 9.59 Å². The Morgan fingerprint density at radius 3 is 2.58 bits per heavy atom. The molecule has 2 amide bonds. The molecule has 1 aliphatic heterocycles. The van der Waals surface area contributed by atoms with Crippen molar-refractivity contribution >= 4 is 11.8 Å². The van der Waals surface area contributed by atoms with Gasteiger partial charge >= 0.3 is 0 Å². The summed E-state index contributed by atoms with van der Waals surface area (Å²) >= 11 is 0. The summed E-state index contributed by atoms with van der Waals surface area (Å²) in [5, 5.41) is 2.97. The second-order valence-electron chi connectivity index (χ2n) is 7.35. The molecule has 0 spiro atoms. The smallest absolute Gasteiger partial charge is 0.271 e. The van der Waals surface area contributed by atoms with Crippen LogP contribution in [0, 0.1) is 0 Å². The molecule has 0 bridgehead atoms. The number of amides is 2. The van der Waals surface area contributed by atoms with Crippen LogP contribution in [0.1, 0.15) is 21.6 Å². The van der Waals surface area contributed by atoms with Crippen LogP contribution in [0.4, 0.5) is 0 Å². The van der Waals surface area contributed by atoms with Gasteiger partial charge < -0.3 is 24.3 Å². The van der Waals surface area contributed by atoms with Crippen molar-refractivity contribution < 1.29 is 19.1 Å². The predicted octanol–water partition coefficient (Wildman–Crippen LogP) is 2.85. The van der Waals surface area contributed by atoms with Crippen molar-refractivity contribution in [2.75, 3.05) is 14.2 Å². The molecular formula is C24H25N3O4. The highest BCUT2D eigenvalue weighted by molar-refractivity contribution is 5.97. The Kier molecular flexibility index (Phi) is 5.93. The number of nitrogens with zero attached hydrogens (tertiary/aromatic N) is 2. The molecule has 31 heavy (non-hydrogen) atoms. The van der Waals surface area contributed by atoms with Crippen LogP contribution in [-0.2, 0) is 24.4 Å². The van der Waals surface area contributed by atoms with Crippen LogP contribution < -0.4 is 14.8 Å². The van der Waals surface area contributed by atoms with Crippen molar-refractivity contribution in [3.05, 3.63) is 83.7 Å². The monoisotopic (exact) mass is 419 g/mol. The second kappa shape index (κ2) is 8.95. The number of fused-ring (bicyclic) bond motifs is 1. The van der Waals surface area contributed by atoms with Gasteiger partial charge in [0.2, 0.25) is 5.91 Å². The molecule has 2 aromatic carbocycles.